The summed E-state index contributed by atoms with van der Waals surface area (Å²) >= 11 is 0. The highest BCUT2D eigenvalue weighted by Crippen LogP contribution is 2.16. The maximum absolute atomic E-state index is 12.3. The molecule has 2 aromatic carbocycles. The van der Waals surface area contributed by atoms with E-state index >= 15 is 0 Å². The van der Waals surface area contributed by atoms with E-state index in [4.69, 9.17) is 5.73 Å². The smallest absolute Gasteiger partial charge is 0.299 e. The van der Waals surface area contributed by atoms with E-state index in [1.54, 1.807) is 12.1 Å². The zero-order chi connectivity index (χ0) is 13.2. The van der Waals surface area contributed by atoms with Crippen molar-refractivity contribution in [2.24, 2.45) is 0 Å². The van der Waals surface area contributed by atoms with Crippen molar-refractivity contribution in [2.45, 2.75) is 0 Å². The molecule has 94 valence electrons. The third-order valence-electron chi connectivity index (χ3n) is 2.89. The van der Waals surface area contributed by atoms with Gasteiger partial charge >= 0.3 is 0 Å². The van der Waals surface area contributed by atoms with Gasteiger partial charge in [0.1, 0.15) is 0 Å². The molecule has 0 bridgehead atoms. The summed E-state index contributed by atoms with van der Waals surface area (Å²) in [5.74, 6) is 0. The van der Waals surface area contributed by atoms with Gasteiger partial charge in [0.15, 0.2) is 5.69 Å². The fourth-order valence-electron chi connectivity index (χ4n) is 1.94. The topological polar surface area (TPSA) is 76.7 Å². The van der Waals surface area contributed by atoms with Crippen molar-refractivity contribution < 1.29 is 0 Å². The van der Waals surface area contributed by atoms with E-state index in [-0.39, 0.29) is 5.56 Å². The first kappa shape index (κ1) is 11.3. The highest BCUT2D eigenvalue weighted by molar-refractivity contribution is 5.61. The van der Waals surface area contributed by atoms with Crippen LogP contribution in [-0.4, -0.2) is 15.0 Å². The number of aromatic amines is 1. The minimum atomic E-state index is -0.218. The van der Waals surface area contributed by atoms with Gasteiger partial charge in [-0.15, -0.1) is 0 Å². The number of H-pyrrole nitrogens is 1. The standard InChI is InChI=1S/C14H12N4O/c15-11-8-4-5-9-12(11)18-14(19)13(16-17-18)10-6-2-1-3-7-10/h1-9,17H,15H2. The van der Waals surface area contributed by atoms with Gasteiger partial charge in [-0.25, -0.2) is 5.21 Å². The molecule has 1 aromatic heterocycles. The number of hydrogen-bond acceptors (Lipinski definition) is 3. The average Bonchev–Trinajstić information content (AvgIpc) is 2.82. The van der Waals surface area contributed by atoms with Crippen LogP contribution >= 0.6 is 0 Å². The molecule has 0 aliphatic heterocycles. The van der Waals surface area contributed by atoms with E-state index < -0.39 is 0 Å². The lowest BCUT2D eigenvalue weighted by Crippen LogP contribution is -2.16. The van der Waals surface area contributed by atoms with Gasteiger partial charge in [0.25, 0.3) is 5.56 Å². The number of rotatable bonds is 2. The van der Waals surface area contributed by atoms with E-state index in [0.29, 0.717) is 17.1 Å². The summed E-state index contributed by atoms with van der Waals surface area (Å²) in [7, 11) is 0. The number of para-hydroxylation sites is 2. The van der Waals surface area contributed by atoms with E-state index in [1.165, 1.54) is 4.68 Å². The van der Waals surface area contributed by atoms with Crippen LogP contribution in [0, 0.1) is 0 Å². The molecule has 0 aliphatic rings. The van der Waals surface area contributed by atoms with Crippen LogP contribution in [0.3, 0.4) is 0 Å². The van der Waals surface area contributed by atoms with Gasteiger partial charge in [-0.2, -0.15) is 9.78 Å². The summed E-state index contributed by atoms with van der Waals surface area (Å²) in [5.41, 5.74) is 7.92. The van der Waals surface area contributed by atoms with E-state index in [1.807, 2.05) is 42.5 Å². The van der Waals surface area contributed by atoms with Crippen LogP contribution in [-0.2, 0) is 0 Å². The zero-order valence-corrected chi connectivity index (χ0v) is 10.1. The third kappa shape index (κ3) is 1.91. The van der Waals surface area contributed by atoms with Crippen molar-refractivity contribution in [1.29, 1.82) is 0 Å². The van der Waals surface area contributed by atoms with Gasteiger partial charge in [-0.3, -0.25) is 4.79 Å². The Morgan fingerprint density at radius 2 is 1.68 bits per heavy atom. The minimum Gasteiger partial charge on any atom is -0.397 e. The predicted molar refractivity (Wildman–Crippen MR) is 74.0 cm³/mol. The second kappa shape index (κ2) is 4.45. The van der Waals surface area contributed by atoms with Crippen molar-refractivity contribution in [1.82, 2.24) is 15.0 Å². The van der Waals surface area contributed by atoms with Crippen LogP contribution in [0.15, 0.2) is 59.4 Å². The Bertz CT molecular complexity index is 758. The number of nitrogens with zero attached hydrogens (tertiary/aromatic N) is 2. The SMILES string of the molecule is Nc1ccccc1-n1[nH]nc(-c2ccccc2)c1=O. The highest BCUT2D eigenvalue weighted by Gasteiger charge is 2.12. The Morgan fingerprint density at radius 3 is 2.42 bits per heavy atom. The van der Waals surface area contributed by atoms with Crippen LogP contribution in [0.4, 0.5) is 5.69 Å². The molecule has 3 aromatic rings. The number of nitrogens with two attached hydrogens (primary N) is 1. The van der Waals surface area contributed by atoms with Crippen molar-refractivity contribution in [3.05, 3.63) is 65.0 Å². The number of anilines is 1. The molecule has 5 heteroatoms. The molecule has 0 aliphatic carbocycles. The lowest BCUT2D eigenvalue weighted by atomic mass is 10.2. The molecular formula is C14H12N4O. The van der Waals surface area contributed by atoms with E-state index in [2.05, 4.69) is 10.3 Å². The summed E-state index contributed by atoms with van der Waals surface area (Å²) in [6.45, 7) is 0. The maximum atomic E-state index is 12.3. The molecule has 0 radical (unpaired) electrons. The van der Waals surface area contributed by atoms with Gasteiger partial charge in [-0.1, -0.05) is 42.5 Å². The number of nitrogens with one attached hydrogen (secondary N) is 1. The Kier molecular flexibility index (Phi) is 2.64. The summed E-state index contributed by atoms with van der Waals surface area (Å²) < 4.78 is 1.34. The van der Waals surface area contributed by atoms with E-state index in [0.717, 1.165) is 5.56 Å². The highest BCUT2D eigenvalue weighted by atomic mass is 16.1. The van der Waals surface area contributed by atoms with Crippen LogP contribution in [0.2, 0.25) is 0 Å². The van der Waals surface area contributed by atoms with Crippen molar-refractivity contribution in [2.75, 3.05) is 5.73 Å². The first-order valence-corrected chi connectivity index (χ1v) is 5.85. The predicted octanol–water partition coefficient (Wildman–Crippen LogP) is 1.81. The summed E-state index contributed by atoms with van der Waals surface area (Å²) in [6.07, 6.45) is 0. The Hall–Kier alpha value is -2.82. The van der Waals surface area contributed by atoms with Crippen molar-refractivity contribution in [3.8, 4) is 16.9 Å². The third-order valence-corrected chi connectivity index (χ3v) is 2.89. The summed E-state index contributed by atoms with van der Waals surface area (Å²) in [5, 5.41) is 6.78. The summed E-state index contributed by atoms with van der Waals surface area (Å²) in [4.78, 5) is 12.3. The molecule has 19 heavy (non-hydrogen) atoms. The molecule has 0 fully saturated rings. The molecule has 3 rings (SSSR count). The van der Waals surface area contributed by atoms with Crippen LogP contribution < -0.4 is 11.3 Å². The molecule has 0 spiro atoms. The van der Waals surface area contributed by atoms with Crippen molar-refractivity contribution >= 4 is 5.69 Å². The van der Waals surface area contributed by atoms with Crippen LogP contribution in [0.5, 0.6) is 0 Å². The van der Waals surface area contributed by atoms with Crippen LogP contribution in [0.1, 0.15) is 0 Å². The second-order valence-corrected chi connectivity index (χ2v) is 4.13. The molecule has 0 unspecified atom stereocenters. The van der Waals surface area contributed by atoms with Gasteiger partial charge in [-0.05, 0) is 12.1 Å². The first-order chi connectivity index (χ1) is 9.27. The number of aromatic nitrogens is 3. The van der Waals surface area contributed by atoms with Gasteiger partial charge < -0.3 is 5.73 Å². The first-order valence-electron chi connectivity index (χ1n) is 5.85. The Morgan fingerprint density at radius 1 is 1.00 bits per heavy atom. The molecule has 0 saturated carbocycles. The molecule has 5 nitrogen and oxygen atoms in total. The average molecular weight is 252 g/mol. The normalized spacial score (nSPS) is 10.5. The van der Waals surface area contributed by atoms with Gasteiger partial charge in [0.2, 0.25) is 0 Å². The molecule has 3 N–H and O–H groups in total. The quantitative estimate of drug-likeness (QED) is 0.683. The largest absolute Gasteiger partial charge is 0.397 e. The van der Waals surface area contributed by atoms with Crippen molar-refractivity contribution in [3.63, 3.8) is 0 Å². The summed E-state index contributed by atoms with van der Waals surface area (Å²) in [6, 6.07) is 16.5. The lowest BCUT2D eigenvalue weighted by molar-refractivity contribution is 0.787. The molecular weight excluding hydrogens is 240 g/mol. The monoisotopic (exact) mass is 252 g/mol. The zero-order valence-electron chi connectivity index (χ0n) is 10.1. The second-order valence-electron chi connectivity index (χ2n) is 4.13. The van der Waals surface area contributed by atoms with Gasteiger partial charge in [0.05, 0.1) is 11.4 Å². The fourth-order valence-corrected chi connectivity index (χ4v) is 1.94. The molecule has 0 amide bonds. The van der Waals surface area contributed by atoms with E-state index in [9.17, 15) is 4.79 Å². The number of benzene rings is 2. The van der Waals surface area contributed by atoms with Crippen LogP contribution in [0.25, 0.3) is 16.9 Å². The Labute approximate surface area is 109 Å². The number of nitrogen functional groups attached to an aromatic ring is 1. The fraction of sp³-hybridized carbons (Fsp3) is 0. The Balaban J connectivity index is 2.15. The maximum Gasteiger partial charge on any atom is 0.299 e. The lowest BCUT2D eigenvalue weighted by Gasteiger charge is -2.03. The van der Waals surface area contributed by atoms with Gasteiger partial charge in [0, 0.05) is 5.56 Å². The molecule has 0 saturated heterocycles. The molecule has 0 atom stereocenters. The minimum absolute atomic E-state index is 0.218. The molecule has 1 heterocycles. The number of hydrogen-bond donors (Lipinski definition) is 2.